The monoisotopic (exact) mass is 436 g/mol. The van der Waals surface area contributed by atoms with Crippen molar-refractivity contribution in [2.75, 3.05) is 17.1 Å². The number of nitrogens with one attached hydrogen (secondary N) is 1. The van der Waals surface area contributed by atoms with E-state index in [1.165, 1.54) is 10.6 Å². The number of benzene rings is 3. The van der Waals surface area contributed by atoms with Crippen LogP contribution in [0.4, 0.5) is 5.69 Å². The Bertz CT molecular complexity index is 1130. The summed E-state index contributed by atoms with van der Waals surface area (Å²) in [6.45, 7) is 4.78. The highest BCUT2D eigenvalue weighted by Crippen LogP contribution is 2.22. The van der Waals surface area contributed by atoms with E-state index >= 15 is 0 Å². The molecule has 0 aliphatic rings. The first kappa shape index (κ1) is 22.6. The third-order valence-electron chi connectivity index (χ3n) is 5.33. The lowest BCUT2D eigenvalue weighted by molar-refractivity contribution is 0.0951. The highest BCUT2D eigenvalue weighted by molar-refractivity contribution is 7.92. The van der Waals surface area contributed by atoms with Crippen LogP contribution in [0, 0.1) is 6.92 Å². The zero-order valence-electron chi connectivity index (χ0n) is 18.1. The molecular weight excluding hydrogens is 408 g/mol. The molecule has 0 aliphatic carbocycles. The molecule has 1 amide bonds. The Labute approximate surface area is 184 Å². The summed E-state index contributed by atoms with van der Waals surface area (Å²) in [6.07, 6.45) is 1.19. The molecule has 3 aromatic rings. The minimum Gasteiger partial charge on any atom is -0.351 e. The zero-order chi connectivity index (χ0) is 22.4. The molecule has 31 heavy (non-hydrogen) atoms. The molecule has 162 valence electrons. The number of hydrogen-bond acceptors (Lipinski definition) is 3. The Kier molecular flexibility index (Phi) is 7.13. The summed E-state index contributed by atoms with van der Waals surface area (Å²) in [5.74, 6) is 0.0124. The van der Waals surface area contributed by atoms with Gasteiger partial charge in [0.1, 0.15) is 0 Å². The maximum absolute atomic E-state index is 12.6. The van der Waals surface area contributed by atoms with Crippen LogP contribution in [-0.4, -0.2) is 27.1 Å². The van der Waals surface area contributed by atoms with Crippen LogP contribution in [-0.2, 0) is 16.6 Å². The summed E-state index contributed by atoms with van der Waals surface area (Å²) in [5.41, 5.74) is 4.15. The van der Waals surface area contributed by atoms with Gasteiger partial charge in [-0.1, -0.05) is 61.5 Å². The van der Waals surface area contributed by atoms with Gasteiger partial charge in [0.15, 0.2) is 0 Å². The van der Waals surface area contributed by atoms with Crippen LogP contribution in [0.3, 0.4) is 0 Å². The van der Waals surface area contributed by atoms with Gasteiger partial charge in [0.2, 0.25) is 10.0 Å². The predicted molar refractivity (Wildman–Crippen MR) is 126 cm³/mol. The van der Waals surface area contributed by atoms with E-state index in [0.717, 1.165) is 16.7 Å². The lowest BCUT2D eigenvalue weighted by atomic mass is 10.0. The Balaban J connectivity index is 1.71. The molecule has 1 unspecified atom stereocenters. The van der Waals surface area contributed by atoms with Crippen LogP contribution >= 0.6 is 0 Å². The van der Waals surface area contributed by atoms with Gasteiger partial charge in [-0.3, -0.25) is 9.10 Å². The van der Waals surface area contributed by atoms with E-state index in [1.807, 2.05) is 61.5 Å². The molecule has 0 radical (unpaired) electrons. The Morgan fingerprint density at radius 3 is 2.16 bits per heavy atom. The van der Waals surface area contributed by atoms with Gasteiger partial charge in [-0.05, 0) is 53.8 Å². The van der Waals surface area contributed by atoms with E-state index in [0.29, 0.717) is 17.8 Å². The van der Waals surface area contributed by atoms with Crippen molar-refractivity contribution >= 4 is 21.6 Å². The molecule has 1 atom stereocenters. The summed E-state index contributed by atoms with van der Waals surface area (Å²) < 4.78 is 26.2. The first-order valence-corrected chi connectivity index (χ1v) is 12.1. The van der Waals surface area contributed by atoms with Gasteiger partial charge < -0.3 is 5.32 Å². The average Bonchev–Trinajstić information content (AvgIpc) is 2.76. The molecule has 0 fully saturated rings. The second kappa shape index (κ2) is 9.79. The maximum atomic E-state index is 12.6. The fourth-order valence-corrected chi connectivity index (χ4v) is 4.25. The largest absolute Gasteiger partial charge is 0.351 e. The van der Waals surface area contributed by atoms with E-state index in [-0.39, 0.29) is 18.4 Å². The number of hydrogen-bond donors (Lipinski definition) is 1. The van der Waals surface area contributed by atoms with Gasteiger partial charge >= 0.3 is 0 Å². The van der Waals surface area contributed by atoms with Gasteiger partial charge in [-0.25, -0.2) is 8.42 Å². The van der Waals surface area contributed by atoms with Crippen LogP contribution in [0.15, 0.2) is 78.9 Å². The van der Waals surface area contributed by atoms with Gasteiger partial charge in [-0.15, -0.1) is 0 Å². The molecule has 0 aliphatic heterocycles. The number of sulfonamides is 1. The highest BCUT2D eigenvalue weighted by atomic mass is 32.2. The number of amides is 1. The van der Waals surface area contributed by atoms with Gasteiger partial charge in [0, 0.05) is 12.1 Å². The van der Waals surface area contributed by atoms with Crippen LogP contribution in [0.5, 0.6) is 0 Å². The molecule has 0 spiro atoms. The SMILES string of the molecule is Cc1ccccc1CN(c1ccc(C(=O)NCC(C)c2ccccc2)cc1)S(C)(=O)=O. The van der Waals surface area contributed by atoms with Crippen LogP contribution in [0.25, 0.3) is 0 Å². The van der Waals surface area contributed by atoms with Crippen molar-refractivity contribution < 1.29 is 13.2 Å². The molecule has 0 aromatic heterocycles. The molecule has 0 saturated carbocycles. The zero-order valence-corrected chi connectivity index (χ0v) is 18.9. The molecule has 0 heterocycles. The fraction of sp³-hybridized carbons (Fsp3) is 0.240. The number of anilines is 1. The maximum Gasteiger partial charge on any atom is 0.251 e. The third kappa shape index (κ3) is 5.95. The topological polar surface area (TPSA) is 66.5 Å². The van der Waals surface area contributed by atoms with Crippen molar-refractivity contribution in [3.05, 3.63) is 101 Å². The predicted octanol–water partition coefficient (Wildman–Crippen LogP) is 4.49. The van der Waals surface area contributed by atoms with Crippen LogP contribution < -0.4 is 9.62 Å². The minimum atomic E-state index is -3.49. The molecule has 0 bridgehead atoms. The van der Waals surface area contributed by atoms with Gasteiger partial charge in [0.05, 0.1) is 18.5 Å². The second-order valence-corrected chi connectivity index (χ2v) is 9.67. The molecule has 5 nitrogen and oxygen atoms in total. The minimum absolute atomic E-state index is 0.181. The molecular formula is C25H28N2O3S. The second-order valence-electron chi connectivity index (χ2n) is 7.76. The third-order valence-corrected chi connectivity index (χ3v) is 6.47. The Hall–Kier alpha value is -3.12. The van der Waals surface area contributed by atoms with Crippen LogP contribution in [0.1, 0.15) is 39.9 Å². The molecule has 0 saturated heterocycles. The van der Waals surface area contributed by atoms with Crippen molar-refractivity contribution in [3.8, 4) is 0 Å². The van der Waals surface area contributed by atoms with Gasteiger partial charge in [-0.2, -0.15) is 0 Å². The summed E-state index contributed by atoms with van der Waals surface area (Å²) in [7, 11) is -3.49. The lowest BCUT2D eigenvalue weighted by Crippen LogP contribution is -2.30. The standard InChI is InChI=1S/C25H28N2O3S/c1-19-9-7-8-12-23(19)18-27(31(3,29)30)24-15-13-22(14-16-24)25(28)26-17-20(2)21-10-5-4-6-11-21/h4-16,20H,17-18H2,1-3H3,(H,26,28). The molecule has 3 aromatic carbocycles. The Morgan fingerprint density at radius 1 is 0.935 bits per heavy atom. The first-order chi connectivity index (χ1) is 14.8. The first-order valence-electron chi connectivity index (χ1n) is 10.2. The van der Waals surface area contributed by atoms with E-state index in [1.54, 1.807) is 24.3 Å². The van der Waals surface area contributed by atoms with Crippen molar-refractivity contribution in [1.29, 1.82) is 0 Å². The van der Waals surface area contributed by atoms with E-state index in [9.17, 15) is 13.2 Å². The van der Waals surface area contributed by atoms with E-state index < -0.39 is 10.0 Å². The summed E-state index contributed by atoms with van der Waals surface area (Å²) in [4.78, 5) is 12.6. The van der Waals surface area contributed by atoms with Crippen molar-refractivity contribution in [3.63, 3.8) is 0 Å². The summed E-state index contributed by atoms with van der Waals surface area (Å²) >= 11 is 0. The highest BCUT2D eigenvalue weighted by Gasteiger charge is 2.19. The molecule has 6 heteroatoms. The normalized spacial score (nSPS) is 12.2. The van der Waals surface area contributed by atoms with Crippen LogP contribution in [0.2, 0.25) is 0 Å². The Morgan fingerprint density at radius 2 is 1.55 bits per heavy atom. The van der Waals surface area contributed by atoms with Crippen molar-refractivity contribution in [2.45, 2.75) is 26.3 Å². The number of rotatable bonds is 8. The lowest BCUT2D eigenvalue weighted by Gasteiger charge is -2.23. The van der Waals surface area contributed by atoms with Crippen molar-refractivity contribution in [2.24, 2.45) is 0 Å². The molecule has 3 rings (SSSR count). The summed E-state index contributed by atoms with van der Waals surface area (Å²) in [6, 6.07) is 24.4. The summed E-state index contributed by atoms with van der Waals surface area (Å²) in [5, 5.41) is 2.95. The van der Waals surface area contributed by atoms with Gasteiger partial charge in [0.25, 0.3) is 5.91 Å². The fourth-order valence-electron chi connectivity index (χ4n) is 3.37. The van der Waals surface area contributed by atoms with E-state index in [4.69, 9.17) is 0 Å². The van der Waals surface area contributed by atoms with E-state index in [2.05, 4.69) is 12.2 Å². The van der Waals surface area contributed by atoms with Crippen molar-refractivity contribution in [1.82, 2.24) is 5.32 Å². The average molecular weight is 437 g/mol. The number of carbonyl (C=O) groups is 1. The number of aryl methyl sites for hydroxylation is 1. The number of nitrogens with zero attached hydrogens (tertiary/aromatic N) is 1. The quantitative estimate of drug-likeness (QED) is 0.566. The smallest absolute Gasteiger partial charge is 0.251 e. The molecule has 1 N–H and O–H groups in total. The number of carbonyl (C=O) groups excluding carboxylic acids is 1.